The van der Waals surface area contributed by atoms with E-state index in [9.17, 15) is 0 Å². The van der Waals surface area contributed by atoms with Crippen molar-refractivity contribution in [3.8, 4) is 10.4 Å². The molecule has 3 heteroatoms. The third kappa shape index (κ3) is 3.14. The lowest BCUT2D eigenvalue weighted by Crippen LogP contribution is -2.12. The Morgan fingerprint density at radius 1 is 1.29 bits per heavy atom. The van der Waals surface area contributed by atoms with Crippen LogP contribution in [-0.2, 0) is 6.54 Å². The molecule has 0 aliphatic heterocycles. The minimum atomic E-state index is 0.970. The molecular formula is C14H18N2S. The third-order valence-electron chi connectivity index (χ3n) is 2.66. The molecule has 0 bridgehead atoms. The van der Waals surface area contributed by atoms with Crippen molar-refractivity contribution >= 4 is 11.3 Å². The van der Waals surface area contributed by atoms with E-state index in [1.54, 1.807) is 0 Å². The van der Waals surface area contributed by atoms with Crippen LogP contribution in [0.1, 0.15) is 23.9 Å². The van der Waals surface area contributed by atoms with Crippen molar-refractivity contribution in [1.82, 2.24) is 10.3 Å². The van der Waals surface area contributed by atoms with Crippen LogP contribution in [0, 0.1) is 6.92 Å². The van der Waals surface area contributed by atoms with Crippen LogP contribution >= 0.6 is 11.3 Å². The summed E-state index contributed by atoms with van der Waals surface area (Å²) in [7, 11) is 0. The van der Waals surface area contributed by atoms with Gasteiger partial charge in [-0.15, -0.1) is 11.3 Å². The van der Waals surface area contributed by atoms with Gasteiger partial charge in [0.1, 0.15) is 0 Å². The summed E-state index contributed by atoms with van der Waals surface area (Å²) in [5.41, 5.74) is 2.35. The summed E-state index contributed by atoms with van der Waals surface area (Å²) in [5.74, 6) is 0. The van der Waals surface area contributed by atoms with E-state index in [0.29, 0.717) is 0 Å². The number of rotatable bonds is 5. The first kappa shape index (κ1) is 12.3. The van der Waals surface area contributed by atoms with Crippen LogP contribution in [-0.4, -0.2) is 11.5 Å². The van der Waals surface area contributed by atoms with Crippen LogP contribution in [0.5, 0.6) is 0 Å². The highest BCUT2D eigenvalue weighted by atomic mass is 32.1. The molecule has 0 amide bonds. The van der Waals surface area contributed by atoms with E-state index in [1.807, 2.05) is 23.6 Å². The quantitative estimate of drug-likeness (QED) is 0.815. The van der Waals surface area contributed by atoms with Gasteiger partial charge in [0, 0.05) is 33.8 Å². The average Bonchev–Trinajstić information content (AvgIpc) is 2.79. The normalized spacial score (nSPS) is 10.7. The van der Waals surface area contributed by atoms with Gasteiger partial charge in [-0.1, -0.05) is 13.0 Å². The lowest BCUT2D eigenvalue weighted by atomic mass is 10.2. The van der Waals surface area contributed by atoms with Crippen molar-refractivity contribution < 1.29 is 0 Å². The van der Waals surface area contributed by atoms with Gasteiger partial charge in [-0.3, -0.25) is 4.98 Å². The highest BCUT2D eigenvalue weighted by Crippen LogP contribution is 2.29. The molecule has 0 aromatic carbocycles. The van der Waals surface area contributed by atoms with Crippen molar-refractivity contribution in [2.75, 3.05) is 6.54 Å². The van der Waals surface area contributed by atoms with Gasteiger partial charge < -0.3 is 5.32 Å². The van der Waals surface area contributed by atoms with Gasteiger partial charge >= 0.3 is 0 Å². The Morgan fingerprint density at radius 3 is 2.94 bits per heavy atom. The number of hydrogen-bond donors (Lipinski definition) is 1. The highest BCUT2D eigenvalue weighted by molar-refractivity contribution is 7.15. The standard InChI is InChI=1S/C14H18N2S/c1-3-8-15-10-12-6-7-14(17-12)13-5-4-9-16-11(13)2/h4-7,9,15H,3,8,10H2,1-2H3. The van der Waals surface area contributed by atoms with E-state index >= 15 is 0 Å². The Bertz CT molecular complexity index is 477. The molecular weight excluding hydrogens is 228 g/mol. The Morgan fingerprint density at radius 2 is 2.18 bits per heavy atom. The first-order valence-corrected chi connectivity index (χ1v) is 6.84. The predicted octanol–water partition coefficient (Wildman–Crippen LogP) is 3.62. The van der Waals surface area contributed by atoms with Gasteiger partial charge in [0.05, 0.1) is 0 Å². The maximum atomic E-state index is 4.33. The summed E-state index contributed by atoms with van der Waals surface area (Å²) < 4.78 is 0. The van der Waals surface area contributed by atoms with Crippen molar-refractivity contribution in [2.45, 2.75) is 26.8 Å². The maximum absolute atomic E-state index is 4.33. The number of thiophene rings is 1. The molecule has 17 heavy (non-hydrogen) atoms. The Hall–Kier alpha value is -1.19. The number of nitrogens with zero attached hydrogens (tertiary/aromatic N) is 1. The minimum Gasteiger partial charge on any atom is -0.312 e. The fraction of sp³-hybridized carbons (Fsp3) is 0.357. The SMILES string of the molecule is CCCNCc1ccc(-c2cccnc2C)s1. The van der Waals surface area contributed by atoms with Crippen LogP contribution in [0.3, 0.4) is 0 Å². The molecule has 0 fully saturated rings. The van der Waals surface area contributed by atoms with E-state index < -0.39 is 0 Å². The monoisotopic (exact) mass is 246 g/mol. The Balaban J connectivity index is 2.10. The summed E-state index contributed by atoms with van der Waals surface area (Å²) in [6.45, 7) is 6.30. The zero-order chi connectivity index (χ0) is 12.1. The summed E-state index contributed by atoms with van der Waals surface area (Å²) in [5, 5.41) is 3.43. The second kappa shape index (κ2) is 5.94. The first-order chi connectivity index (χ1) is 8.31. The zero-order valence-corrected chi connectivity index (χ0v) is 11.2. The van der Waals surface area contributed by atoms with Crippen LogP contribution in [0.15, 0.2) is 30.5 Å². The van der Waals surface area contributed by atoms with Crippen molar-refractivity contribution in [2.24, 2.45) is 0 Å². The van der Waals surface area contributed by atoms with Crippen LogP contribution < -0.4 is 5.32 Å². The largest absolute Gasteiger partial charge is 0.312 e. The summed E-state index contributed by atoms with van der Waals surface area (Å²) in [4.78, 5) is 7.03. The number of aromatic nitrogens is 1. The molecule has 2 aromatic heterocycles. The second-order valence-corrected chi connectivity index (χ2v) is 5.25. The van der Waals surface area contributed by atoms with E-state index in [4.69, 9.17) is 0 Å². The van der Waals surface area contributed by atoms with Crippen molar-refractivity contribution in [1.29, 1.82) is 0 Å². The van der Waals surface area contributed by atoms with Gasteiger partial charge in [0.25, 0.3) is 0 Å². The zero-order valence-electron chi connectivity index (χ0n) is 10.4. The number of aryl methyl sites for hydroxylation is 1. The molecule has 0 saturated carbocycles. The fourth-order valence-corrected chi connectivity index (χ4v) is 2.81. The summed E-state index contributed by atoms with van der Waals surface area (Å²) >= 11 is 1.85. The maximum Gasteiger partial charge on any atom is 0.0459 e. The lowest BCUT2D eigenvalue weighted by Gasteiger charge is -2.01. The number of hydrogen-bond acceptors (Lipinski definition) is 3. The van der Waals surface area contributed by atoms with E-state index in [0.717, 1.165) is 18.8 Å². The molecule has 0 saturated heterocycles. The molecule has 2 aromatic rings. The first-order valence-electron chi connectivity index (χ1n) is 6.02. The topological polar surface area (TPSA) is 24.9 Å². The molecule has 2 heterocycles. The van der Waals surface area contributed by atoms with E-state index in [2.05, 4.69) is 42.3 Å². The molecule has 0 atom stereocenters. The minimum absolute atomic E-state index is 0.970. The van der Waals surface area contributed by atoms with Gasteiger partial charge in [-0.2, -0.15) is 0 Å². The molecule has 0 unspecified atom stereocenters. The van der Waals surface area contributed by atoms with Gasteiger partial charge in [-0.05, 0) is 38.1 Å². The average molecular weight is 246 g/mol. The molecule has 1 N–H and O–H groups in total. The summed E-state index contributed by atoms with van der Waals surface area (Å²) in [6.07, 6.45) is 3.02. The second-order valence-electron chi connectivity index (χ2n) is 4.08. The Kier molecular flexibility index (Phi) is 4.29. The van der Waals surface area contributed by atoms with Crippen LogP contribution in [0.2, 0.25) is 0 Å². The van der Waals surface area contributed by atoms with E-state index in [-0.39, 0.29) is 0 Å². The van der Waals surface area contributed by atoms with Crippen molar-refractivity contribution in [3.63, 3.8) is 0 Å². The molecule has 2 nitrogen and oxygen atoms in total. The molecule has 2 rings (SSSR count). The Labute approximate surface area is 107 Å². The summed E-state index contributed by atoms with van der Waals surface area (Å²) in [6, 6.07) is 8.53. The van der Waals surface area contributed by atoms with Crippen LogP contribution in [0.4, 0.5) is 0 Å². The van der Waals surface area contributed by atoms with Gasteiger partial charge in [-0.25, -0.2) is 0 Å². The molecule has 0 radical (unpaired) electrons. The smallest absolute Gasteiger partial charge is 0.0459 e. The third-order valence-corrected chi connectivity index (χ3v) is 3.78. The molecule has 0 aliphatic carbocycles. The number of pyridine rings is 1. The van der Waals surface area contributed by atoms with Gasteiger partial charge in [0.15, 0.2) is 0 Å². The molecule has 90 valence electrons. The highest BCUT2D eigenvalue weighted by Gasteiger charge is 2.05. The van der Waals surface area contributed by atoms with Crippen molar-refractivity contribution in [3.05, 3.63) is 41.0 Å². The lowest BCUT2D eigenvalue weighted by molar-refractivity contribution is 0.681. The van der Waals surface area contributed by atoms with Gasteiger partial charge in [0.2, 0.25) is 0 Å². The van der Waals surface area contributed by atoms with Crippen LogP contribution in [0.25, 0.3) is 10.4 Å². The molecule has 0 spiro atoms. The predicted molar refractivity (Wildman–Crippen MR) is 74.3 cm³/mol. The molecule has 0 aliphatic rings. The number of nitrogens with one attached hydrogen (secondary N) is 1. The fourth-order valence-electron chi connectivity index (χ4n) is 1.75. The van der Waals surface area contributed by atoms with E-state index in [1.165, 1.54) is 21.7 Å².